The second-order valence-electron chi connectivity index (χ2n) is 18.1. The van der Waals surface area contributed by atoms with Gasteiger partial charge in [0.2, 0.25) is 17.1 Å². The van der Waals surface area contributed by atoms with E-state index in [0.717, 1.165) is 24.8 Å². The number of aromatic nitrogens is 2. The Bertz CT molecular complexity index is 2980. The van der Waals surface area contributed by atoms with Gasteiger partial charge in [-0.15, -0.1) is 0 Å². The monoisotopic (exact) mass is 1010 g/mol. The number of carbonyl (C=O) groups excluding carboxylic acids is 3. The summed E-state index contributed by atoms with van der Waals surface area (Å²) in [5, 5.41) is 16.0. The molecule has 1 amide bonds. The third-order valence-electron chi connectivity index (χ3n) is 13.1. The number of nitrogens with two attached hydrogens (primary N) is 2. The van der Waals surface area contributed by atoms with E-state index in [-0.39, 0.29) is 62.8 Å². The molecule has 0 atom stereocenters. The van der Waals surface area contributed by atoms with Gasteiger partial charge in [-0.05, 0) is 86.1 Å². The molecule has 3 aromatic carbocycles. The maximum Gasteiger partial charge on any atom is 0.251 e. The van der Waals surface area contributed by atoms with E-state index in [1.807, 2.05) is 21.6 Å². The summed E-state index contributed by atoms with van der Waals surface area (Å²) in [6.45, 7) is 4.95. The van der Waals surface area contributed by atoms with Gasteiger partial charge in [0, 0.05) is 97.6 Å². The van der Waals surface area contributed by atoms with Gasteiger partial charge in [0.15, 0.2) is 17.3 Å². The van der Waals surface area contributed by atoms with E-state index in [0.29, 0.717) is 144 Å². The van der Waals surface area contributed by atoms with Crippen LogP contribution in [-0.2, 0) is 20.7 Å². The van der Waals surface area contributed by atoms with Crippen molar-refractivity contribution in [2.45, 2.75) is 64.2 Å². The molecule has 4 aliphatic rings. The number of carboxylic acid groups (broad SMARTS) is 1. The fraction of sp³-hybridized carbons (Fsp3) is 0.407. The number of carbonyl (C=O) groups is 3. The first-order valence-electron chi connectivity index (χ1n) is 24.7. The number of carboxylic acids is 1. The summed E-state index contributed by atoms with van der Waals surface area (Å²) in [5.74, 6) is -0.674. The van der Waals surface area contributed by atoms with Crippen LogP contribution in [-0.4, -0.2) is 108 Å². The average molecular weight is 1010 g/mol. The highest BCUT2D eigenvalue weighted by Gasteiger charge is 2.28. The van der Waals surface area contributed by atoms with Crippen molar-refractivity contribution in [3.8, 4) is 39.7 Å². The number of Topliss-reactive ketones (excluding diaryl/α,β-unsaturated/α-hetero) is 1. The molecule has 0 saturated carbocycles. The Hall–Kier alpha value is -7.38. The molecule has 19 heteroatoms. The number of nitrogens with one attached hydrogen (secondary N) is 1. The van der Waals surface area contributed by atoms with Gasteiger partial charge < -0.3 is 59.7 Å². The van der Waals surface area contributed by atoms with Crippen molar-refractivity contribution in [3.63, 3.8) is 0 Å². The SMILES string of the molecule is COc1cc(Cc2cnc(N)nc2N)cc(OC)c1OCCCCC(=O)CCCCOCCOCCCNC(=O)c1ccc(C(=O)[O-])c(-c2c3cc(F)c(=[N+]4CCC4)cc-3oc3cc(N4CCC4)c(F)cc23)c1. The standard InChI is InChI=1S/C54H61F2N7O10/c1-68-47-25-33(24-35-32-60-54(58)61-51(35)57)26-48(69-2)50(47)72-21-6-4-11-36(64)10-3-5-19-70-22-23-71-20-7-14-59-52(65)34-12-13-37(53(66)67)38(27-34)49-39-28-41(55)43(62-15-8-16-62)30-45(39)73-46-31-44(63-17-9-18-63)42(56)29-40(46)49/h12-13,25-32H,3-11,14-24H2,1-2H3,(H5-,57,58,59,60,61,65,66,67). The molecule has 73 heavy (non-hydrogen) atoms. The van der Waals surface area contributed by atoms with Crippen LogP contribution in [0.25, 0.3) is 33.4 Å². The summed E-state index contributed by atoms with van der Waals surface area (Å²) >= 11 is 0. The minimum absolute atomic E-state index is 0.0667. The van der Waals surface area contributed by atoms with Crippen LogP contribution in [0, 0.1) is 11.6 Å². The largest absolute Gasteiger partial charge is 0.545 e. The van der Waals surface area contributed by atoms with Gasteiger partial charge in [-0.2, -0.15) is 9.37 Å². The predicted molar refractivity (Wildman–Crippen MR) is 269 cm³/mol. The first-order chi connectivity index (χ1) is 35.4. The van der Waals surface area contributed by atoms with E-state index < -0.39 is 23.5 Å². The summed E-state index contributed by atoms with van der Waals surface area (Å²) < 4.78 is 68.4. The second-order valence-corrected chi connectivity index (χ2v) is 18.1. The lowest BCUT2D eigenvalue weighted by molar-refractivity contribution is -0.254. The lowest BCUT2D eigenvalue weighted by Crippen LogP contribution is -2.42. The van der Waals surface area contributed by atoms with E-state index in [4.69, 9.17) is 39.6 Å². The zero-order valence-corrected chi connectivity index (χ0v) is 41.2. The van der Waals surface area contributed by atoms with Crippen molar-refractivity contribution in [1.29, 1.82) is 0 Å². The highest BCUT2D eigenvalue weighted by Crippen LogP contribution is 2.44. The molecule has 1 aromatic heterocycles. The number of rotatable bonds is 26. The predicted octanol–water partition coefficient (Wildman–Crippen LogP) is 5.94. The maximum atomic E-state index is 15.8. The average Bonchev–Trinajstić information content (AvgIpc) is 3.33. The Labute approximate surface area is 421 Å². The first kappa shape index (κ1) is 52.0. The minimum atomic E-state index is -1.51. The fourth-order valence-corrected chi connectivity index (χ4v) is 8.89. The van der Waals surface area contributed by atoms with Crippen molar-refractivity contribution in [3.05, 3.63) is 100 Å². The van der Waals surface area contributed by atoms with Crippen LogP contribution < -0.4 is 50.9 Å². The quantitative estimate of drug-likeness (QED) is 0.0325. The van der Waals surface area contributed by atoms with Crippen molar-refractivity contribution in [2.24, 2.45) is 0 Å². The van der Waals surface area contributed by atoms with E-state index in [1.165, 1.54) is 30.3 Å². The van der Waals surface area contributed by atoms with Gasteiger partial charge in [-0.1, -0.05) is 6.07 Å². The van der Waals surface area contributed by atoms with Crippen LogP contribution in [0.2, 0.25) is 0 Å². The van der Waals surface area contributed by atoms with Crippen LogP contribution in [0.15, 0.2) is 65.2 Å². The Morgan fingerprint density at radius 3 is 2.18 bits per heavy atom. The molecule has 0 unspecified atom stereocenters. The molecule has 17 nitrogen and oxygen atoms in total. The highest BCUT2D eigenvalue weighted by atomic mass is 19.1. The zero-order valence-electron chi connectivity index (χ0n) is 41.2. The van der Waals surface area contributed by atoms with E-state index in [9.17, 15) is 19.5 Å². The lowest BCUT2D eigenvalue weighted by atomic mass is 9.89. The van der Waals surface area contributed by atoms with Crippen molar-refractivity contribution in [1.82, 2.24) is 19.9 Å². The number of anilines is 3. The van der Waals surface area contributed by atoms with E-state index in [1.54, 1.807) is 32.5 Å². The molecular weight excluding hydrogens is 945 g/mol. The molecule has 0 spiro atoms. The van der Waals surface area contributed by atoms with Crippen LogP contribution in [0.5, 0.6) is 17.2 Å². The third kappa shape index (κ3) is 12.6. The number of aromatic carboxylic acids is 1. The normalized spacial score (nSPS) is 13.2. The Kier molecular flexibility index (Phi) is 17.3. The Balaban J connectivity index is 0.742. The summed E-state index contributed by atoms with van der Waals surface area (Å²) in [7, 11) is 3.11. The minimum Gasteiger partial charge on any atom is -0.545 e. The van der Waals surface area contributed by atoms with Crippen molar-refractivity contribution < 1.29 is 56.4 Å². The lowest BCUT2D eigenvalue weighted by Gasteiger charge is -2.33. The summed E-state index contributed by atoms with van der Waals surface area (Å²) in [5.41, 5.74) is 14.3. The molecule has 2 fully saturated rings. The van der Waals surface area contributed by atoms with Gasteiger partial charge in [0.05, 0.1) is 58.2 Å². The molecular formula is C54H61F2N7O10. The van der Waals surface area contributed by atoms with Crippen LogP contribution in [0.3, 0.4) is 0 Å². The van der Waals surface area contributed by atoms with Crippen molar-refractivity contribution in [2.75, 3.05) is 96.3 Å². The molecule has 0 radical (unpaired) electrons. The van der Waals surface area contributed by atoms with Gasteiger partial charge in [0.25, 0.3) is 5.91 Å². The smallest absolute Gasteiger partial charge is 0.251 e. The molecule has 1 aliphatic carbocycles. The number of nitrogens with zero attached hydrogens (tertiary/aromatic N) is 4. The number of benzene rings is 4. The number of nitrogen functional groups attached to an aromatic ring is 2. The van der Waals surface area contributed by atoms with Crippen LogP contribution >= 0.6 is 0 Å². The number of hydrogen-bond donors (Lipinski definition) is 3. The van der Waals surface area contributed by atoms with Gasteiger partial charge in [-0.25, -0.2) is 13.9 Å². The number of methoxy groups -OCH3 is 2. The van der Waals surface area contributed by atoms with Crippen molar-refractivity contribution >= 4 is 46.1 Å². The molecule has 0 bridgehead atoms. The second kappa shape index (κ2) is 24.4. The molecule has 4 aromatic rings. The number of ketones is 1. The number of halogens is 2. The van der Waals surface area contributed by atoms with E-state index in [2.05, 4.69) is 15.3 Å². The number of fused-ring (bicyclic) bond motifs is 2. The number of amides is 1. The molecule has 8 rings (SSSR count). The number of ether oxygens (including phenoxy) is 5. The highest BCUT2D eigenvalue weighted by molar-refractivity contribution is 6.09. The first-order valence-corrected chi connectivity index (χ1v) is 24.7. The zero-order chi connectivity index (χ0) is 51.4. The number of hydrogen-bond acceptors (Lipinski definition) is 15. The fourth-order valence-electron chi connectivity index (χ4n) is 8.89. The Morgan fingerprint density at radius 1 is 0.822 bits per heavy atom. The molecule has 4 heterocycles. The van der Waals surface area contributed by atoms with Crippen LogP contribution in [0.1, 0.15) is 89.6 Å². The molecule has 386 valence electrons. The summed E-state index contributed by atoms with van der Waals surface area (Å²) in [4.78, 5) is 48.5. The maximum absolute atomic E-state index is 15.8. The molecule has 5 N–H and O–H groups in total. The van der Waals surface area contributed by atoms with E-state index >= 15 is 8.78 Å². The third-order valence-corrected chi connectivity index (χ3v) is 13.1. The Morgan fingerprint density at radius 2 is 1.53 bits per heavy atom. The number of unbranched alkanes of at least 4 members (excludes halogenated alkanes) is 2. The van der Waals surface area contributed by atoms with Gasteiger partial charge in [0.1, 0.15) is 41.9 Å². The van der Waals surface area contributed by atoms with Crippen LogP contribution in [0.4, 0.5) is 26.2 Å². The van der Waals surface area contributed by atoms with Gasteiger partial charge >= 0.3 is 0 Å². The molecule has 3 aliphatic heterocycles. The summed E-state index contributed by atoms with van der Waals surface area (Å²) in [6, 6.07) is 13.5. The topological polar surface area (TPSA) is 230 Å². The van der Waals surface area contributed by atoms with Gasteiger partial charge in [-0.3, -0.25) is 9.59 Å². The summed E-state index contributed by atoms with van der Waals surface area (Å²) in [6.07, 6.45) is 8.10. The molecule has 2 saturated heterocycles.